The fraction of sp³-hybridized carbons (Fsp3) is 0.222. The van der Waals surface area contributed by atoms with Crippen LogP contribution < -0.4 is 5.32 Å². The van der Waals surface area contributed by atoms with E-state index in [0.717, 1.165) is 17.2 Å². The van der Waals surface area contributed by atoms with E-state index >= 15 is 0 Å². The lowest BCUT2D eigenvalue weighted by molar-refractivity contribution is 0.955. The monoisotopic (exact) mass is 189 g/mol. The van der Waals surface area contributed by atoms with Crippen LogP contribution in [0.2, 0.25) is 0 Å². The van der Waals surface area contributed by atoms with Gasteiger partial charge in [-0.15, -0.1) is 5.10 Å². The second kappa shape index (κ2) is 3.87. The Bertz CT molecular complexity index is 378. The van der Waals surface area contributed by atoms with Gasteiger partial charge in [0.15, 0.2) is 0 Å². The Morgan fingerprint density at radius 3 is 2.93 bits per heavy atom. The fourth-order valence-electron chi connectivity index (χ4n) is 1.06. The van der Waals surface area contributed by atoms with E-state index in [9.17, 15) is 0 Å². The van der Waals surface area contributed by atoms with Crippen molar-refractivity contribution in [2.45, 2.75) is 13.5 Å². The van der Waals surface area contributed by atoms with Crippen LogP contribution in [0.25, 0.3) is 0 Å². The number of aryl methyl sites for hydroxylation is 1. The van der Waals surface area contributed by atoms with Crippen LogP contribution in [0.5, 0.6) is 0 Å². The van der Waals surface area contributed by atoms with Crippen LogP contribution in [-0.2, 0) is 6.54 Å². The molecule has 0 bridgehead atoms. The van der Waals surface area contributed by atoms with Gasteiger partial charge in [0.25, 0.3) is 0 Å². The van der Waals surface area contributed by atoms with Crippen molar-refractivity contribution in [2.24, 2.45) is 0 Å². The first-order valence-corrected chi connectivity index (χ1v) is 4.36. The number of hydrogen-bond acceptors (Lipinski definition) is 4. The fourth-order valence-corrected chi connectivity index (χ4v) is 1.06. The number of rotatable bonds is 3. The van der Waals surface area contributed by atoms with Crippen LogP contribution in [0.3, 0.4) is 0 Å². The van der Waals surface area contributed by atoms with E-state index in [-0.39, 0.29) is 0 Å². The van der Waals surface area contributed by atoms with Crippen molar-refractivity contribution in [1.29, 1.82) is 0 Å². The Morgan fingerprint density at radius 1 is 1.36 bits per heavy atom. The molecular weight excluding hydrogens is 178 g/mol. The molecule has 14 heavy (non-hydrogen) atoms. The minimum Gasteiger partial charge on any atom is -0.363 e. The standard InChI is InChI=1S/C9H11N5/c1-7-2-3-9(14-13-7)11-5-8-4-10-6-12-8/h2-4,6H,5H2,1H3,(H,10,12)(H,11,14). The summed E-state index contributed by atoms with van der Waals surface area (Å²) in [6.45, 7) is 2.59. The van der Waals surface area contributed by atoms with E-state index in [1.807, 2.05) is 19.1 Å². The van der Waals surface area contributed by atoms with Gasteiger partial charge in [-0.3, -0.25) is 0 Å². The number of nitrogens with one attached hydrogen (secondary N) is 2. The molecule has 0 saturated heterocycles. The summed E-state index contributed by atoms with van der Waals surface area (Å²) in [6, 6.07) is 3.82. The van der Waals surface area contributed by atoms with Gasteiger partial charge in [0, 0.05) is 6.20 Å². The molecule has 2 N–H and O–H groups in total. The van der Waals surface area contributed by atoms with Crippen LogP contribution in [-0.4, -0.2) is 20.2 Å². The largest absolute Gasteiger partial charge is 0.363 e. The van der Waals surface area contributed by atoms with E-state index < -0.39 is 0 Å². The zero-order chi connectivity index (χ0) is 9.80. The molecule has 72 valence electrons. The number of hydrogen-bond donors (Lipinski definition) is 2. The van der Waals surface area contributed by atoms with Gasteiger partial charge >= 0.3 is 0 Å². The van der Waals surface area contributed by atoms with Crippen molar-refractivity contribution in [1.82, 2.24) is 20.2 Å². The predicted molar refractivity (Wildman–Crippen MR) is 52.7 cm³/mol. The normalized spacial score (nSPS) is 10.1. The number of imidazole rings is 1. The van der Waals surface area contributed by atoms with Crippen molar-refractivity contribution < 1.29 is 0 Å². The first kappa shape index (κ1) is 8.68. The summed E-state index contributed by atoms with van der Waals surface area (Å²) in [4.78, 5) is 6.91. The summed E-state index contributed by atoms with van der Waals surface area (Å²) in [5.41, 5.74) is 1.93. The first-order chi connectivity index (χ1) is 6.84. The van der Waals surface area contributed by atoms with Crippen LogP contribution in [0.15, 0.2) is 24.7 Å². The quantitative estimate of drug-likeness (QED) is 0.759. The summed E-state index contributed by atoms with van der Waals surface area (Å²) in [6.07, 6.45) is 3.42. The lowest BCUT2D eigenvalue weighted by Crippen LogP contribution is -2.02. The minimum atomic E-state index is 0.678. The Morgan fingerprint density at radius 2 is 2.29 bits per heavy atom. The highest BCUT2D eigenvalue weighted by Gasteiger charge is 1.95. The lowest BCUT2D eigenvalue weighted by atomic mass is 10.4. The molecule has 0 aliphatic rings. The van der Waals surface area contributed by atoms with E-state index in [1.54, 1.807) is 12.5 Å². The predicted octanol–water partition coefficient (Wildman–Crippen LogP) is 1.12. The lowest BCUT2D eigenvalue weighted by Gasteiger charge is -2.02. The molecule has 0 spiro atoms. The number of aromatic amines is 1. The zero-order valence-electron chi connectivity index (χ0n) is 7.86. The molecule has 0 amide bonds. The molecular formula is C9H11N5. The molecule has 0 radical (unpaired) electrons. The SMILES string of the molecule is Cc1ccc(NCc2cnc[nH]2)nn1. The Hall–Kier alpha value is -1.91. The van der Waals surface area contributed by atoms with Gasteiger partial charge in [0.1, 0.15) is 5.82 Å². The molecule has 0 unspecified atom stereocenters. The van der Waals surface area contributed by atoms with Gasteiger partial charge in [-0.1, -0.05) is 0 Å². The maximum Gasteiger partial charge on any atom is 0.148 e. The van der Waals surface area contributed by atoms with Crippen LogP contribution in [0.1, 0.15) is 11.4 Å². The summed E-state index contributed by atoms with van der Waals surface area (Å²) in [5.74, 6) is 0.769. The maximum atomic E-state index is 3.98. The molecule has 2 aromatic rings. The first-order valence-electron chi connectivity index (χ1n) is 4.36. The van der Waals surface area contributed by atoms with Crippen LogP contribution in [0, 0.1) is 6.92 Å². The smallest absolute Gasteiger partial charge is 0.148 e. The molecule has 0 atom stereocenters. The van der Waals surface area contributed by atoms with E-state index in [0.29, 0.717) is 6.54 Å². The summed E-state index contributed by atoms with van der Waals surface area (Å²) >= 11 is 0. The molecule has 5 heteroatoms. The third-order valence-corrected chi connectivity index (χ3v) is 1.81. The number of nitrogens with zero attached hydrogens (tertiary/aromatic N) is 3. The number of aromatic nitrogens is 4. The molecule has 0 aliphatic carbocycles. The average molecular weight is 189 g/mol. The second-order valence-corrected chi connectivity index (χ2v) is 2.99. The zero-order valence-corrected chi connectivity index (χ0v) is 7.86. The molecule has 0 aromatic carbocycles. The van der Waals surface area contributed by atoms with E-state index in [2.05, 4.69) is 25.5 Å². The summed E-state index contributed by atoms with van der Waals surface area (Å²) < 4.78 is 0. The van der Waals surface area contributed by atoms with Crippen LogP contribution in [0.4, 0.5) is 5.82 Å². The average Bonchev–Trinajstić information content (AvgIpc) is 2.70. The molecule has 2 heterocycles. The van der Waals surface area contributed by atoms with Crippen molar-refractivity contribution in [3.63, 3.8) is 0 Å². The molecule has 0 fully saturated rings. The van der Waals surface area contributed by atoms with Gasteiger partial charge in [0.2, 0.25) is 0 Å². The molecule has 2 aromatic heterocycles. The molecule has 0 aliphatic heterocycles. The van der Waals surface area contributed by atoms with Gasteiger partial charge in [0.05, 0.1) is 24.3 Å². The van der Waals surface area contributed by atoms with Crippen molar-refractivity contribution in [3.8, 4) is 0 Å². The van der Waals surface area contributed by atoms with Gasteiger partial charge in [-0.25, -0.2) is 4.98 Å². The third kappa shape index (κ3) is 2.07. The Labute approximate surface area is 81.6 Å². The van der Waals surface area contributed by atoms with Crippen molar-refractivity contribution in [3.05, 3.63) is 36.0 Å². The maximum absolute atomic E-state index is 3.98. The number of H-pyrrole nitrogens is 1. The highest BCUT2D eigenvalue weighted by molar-refractivity contribution is 5.33. The van der Waals surface area contributed by atoms with Gasteiger partial charge < -0.3 is 10.3 Å². The van der Waals surface area contributed by atoms with Crippen molar-refractivity contribution >= 4 is 5.82 Å². The highest BCUT2D eigenvalue weighted by atomic mass is 15.2. The second-order valence-electron chi connectivity index (χ2n) is 2.99. The van der Waals surface area contributed by atoms with Gasteiger partial charge in [-0.05, 0) is 19.1 Å². The highest BCUT2D eigenvalue weighted by Crippen LogP contribution is 2.02. The third-order valence-electron chi connectivity index (χ3n) is 1.81. The van der Waals surface area contributed by atoms with Gasteiger partial charge in [-0.2, -0.15) is 5.10 Å². The minimum absolute atomic E-state index is 0.678. The molecule has 0 saturated carbocycles. The molecule has 2 rings (SSSR count). The van der Waals surface area contributed by atoms with E-state index in [4.69, 9.17) is 0 Å². The van der Waals surface area contributed by atoms with Crippen LogP contribution >= 0.6 is 0 Å². The summed E-state index contributed by atoms with van der Waals surface area (Å²) in [7, 11) is 0. The topological polar surface area (TPSA) is 66.5 Å². The Balaban J connectivity index is 1.95. The molecule has 5 nitrogen and oxygen atoms in total. The summed E-state index contributed by atoms with van der Waals surface area (Å²) in [5, 5.41) is 11.1. The van der Waals surface area contributed by atoms with Crippen molar-refractivity contribution in [2.75, 3.05) is 5.32 Å². The Kier molecular flexibility index (Phi) is 2.40. The number of anilines is 1. The van der Waals surface area contributed by atoms with E-state index in [1.165, 1.54) is 0 Å².